The molecule has 1 fully saturated rings. The van der Waals surface area contributed by atoms with Crippen molar-refractivity contribution >= 4 is 33.2 Å². The Kier molecular flexibility index (Phi) is 5.77. The van der Waals surface area contributed by atoms with Crippen molar-refractivity contribution in [3.8, 4) is 0 Å². The van der Waals surface area contributed by atoms with Crippen LogP contribution in [-0.2, 0) is 26.2 Å². The van der Waals surface area contributed by atoms with Gasteiger partial charge in [0.2, 0.25) is 11.8 Å². The van der Waals surface area contributed by atoms with Crippen molar-refractivity contribution in [3.05, 3.63) is 17.0 Å². The number of hydrogen-bond acceptors (Lipinski definition) is 5. The first-order valence-corrected chi connectivity index (χ1v) is 9.74. The average molecular weight is 359 g/mol. The fourth-order valence-corrected chi connectivity index (χ4v) is 4.87. The van der Waals surface area contributed by atoms with E-state index in [1.807, 2.05) is 0 Å². The molecule has 1 saturated heterocycles. The highest BCUT2D eigenvalue weighted by molar-refractivity contribution is 7.91. The molecule has 1 aromatic heterocycles. The van der Waals surface area contributed by atoms with Crippen LogP contribution in [0.2, 0.25) is 0 Å². The van der Waals surface area contributed by atoms with Crippen LogP contribution >= 0.6 is 11.3 Å². The molecule has 23 heavy (non-hydrogen) atoms. The van der Waals surface area contributed by atoms with Crippen LogP contribution in [0.5, 0.6) is 0 Å². The first-order chi connectivity index (χ1) is 10.8. The molecule has 0 bridgehead atoms. The maximum Gasteiger partial charge on any atom is 0.250 e. The number of amides is 2. The predicted octanol–water partition coefficient (Wildman–Crippen LogP) is 0.673. The number of rotatable bonds is 6. The molecule has 1 aliphatic rings. The summed E-state index contributed by atoms with van der Waals surface area (Å²) < 4.78 is 27.3. The Bertz CT molecular complexity index is 678. The van der Waals surface area contributed by atoms with Gasteiger partial charge >= 0.3 is 0 Å². The fraction of sp³-hybridized carbons (Fsp3) is 0.571. The van der Waals surface area contributed by atoms with Gasteiger partial charge in [0.25, 0.3) is 10.0 Å². The summed E-state index contributed by atoms with van der Waals surface area (Å²) in [6, 6.07) is 2.35. The van der Waals surface area contributed by atoms with E-state index in [9.17, 15) is 18.0 Å². The molecule has 9 heteroatoms. The lowest BCUT2D eigenvalue weighted by atomic mass is 10.3. The topological polar surface area (TPSA) is 95.6 Å². The number of likely N-dealkylation sites (tertiary alicyclic amines) is 1. The number of hydrogen-bond donors (Lipinski definition) is 2. The van der Waals surface area contributed by atoms with Crippen LogP contribution in [0, 0.1) is 0 Å². The van der Waals surface area contributed by atoms with Crippen molar-refractivity contribution in [3.63, 3.8) is 0 Å². The summed E-state index contributed by atoms with van der Waals surface area (Å²) in [5, 5.41) is 2.62. The summed E-state index contributed by atoms with van der Waals surface area (Å²) in [6.07, 6.45) is 1.92. The maximum atomic E-state index is 12.4. The zero-order valence-corrected chi connectivity index (χ0v) is 14.8. The molecule has 0 saturated carbocycles. The summed E-state index contributed by atoms with van der Waals surface area (Å²) in [6.45, 7) is 4.62. The van der Waals surface area contributed by atoms with Crippen molar-refractivity contribution < 1.29 is 18.0 Å². The summed E-state index contributed by atoms with van der Waals surface area (Å²) in [5.74, 6) is -0.369. The van der Waals surface area contributed by atoms with Gasteiger partial charge in [-0.15, -0.1) is 11.3 Å². The monoisotopic (exact) mass is 359 g/mol. The zero-order valence-electron chi connectivity index (χ0n) is 13.2. The second-order valence-corrected chi connectivity index (χ2v) is 8.62. The molecule has 0 spiro atoms. The van der Waals surface area contributed by atoms with Crippen molar-refractivity contribution in [2.45, 2.75) is 43.5 Å². The number of carbonyl (C=O) groups excluding carboxylic acids is 2. The Hall–Kier alpha value is -1.45. The molecule has 0 radical (unpaired) electrons. The van der Waals surface area contributed by atoms with Crippen LogP contribution < -0.4 is 10.0 Å². The lowest BCUT2D eigenvalue weighted by Crippen LogP contribution is -2.45. The SMILES string of the molecule is CC(=O)NCc1ccc(S(=O)(=O)N[C@H](C)C(=O)N2CCCC2)s1. The lowest BCUT2D eigenvalue weighted by Gasteiger charge is -2.20. The van der Waals surface area contributed by atoms with Crippen molar-refractivity contribution in [2.75, 3.05) is 13.1 Å². The minimum Gasteiger partial charge on any atom is -0.351 e. The van der Waals surface area contributed by atoms with E-state index in [-0.39, 0.29) is 22.6 Å². The smallest absolute Gasteiger partial charge is 0.250 e. The van der Waals surface area contributed by atoms with Crippen LogP contribution in [0.4, 0.5) is 0 Å². The van der Waals surface area contributed by atoms with Crippen LogP contribution in [0.1, 0.15) is 31.6 Å². The highest BCUT2D eigenvalue weighted by Gasteiger charge is 2.28. The van der Waals surface area contributed by atoms with Gasteiger partial charge in [0.05, 0.1) is 12.6 Å². The molecule has 0 aliphatic carbocycles. The molecule has 1 aliphatic heterocycles. The van der Waals surface area contributed by atoms with E-state index in [0.29, 0.717) is 13.1 Å². The van der Waals surface area contributed by atoms with Gasteiger partial charge in [-0.1, -0.05) is 0 Å². The highest BCUT2D eigenvalue weighted by Crippen LogP contribution is 2.22. The molecule has 2 N–H and O–H groups in total. The van der Waals surface area contributed by atoms with Gasteiger partial charge in [-0.05, 0) is 31.9 Å². The van der Waals surface area contributed by atoms with Crippen LogP contribution in [0.15, 0.2) is 16.3 Å². The van der Waals surface area contributed by atoms with E-state index < -0.39 is 16.1 Å². The van der Waals surface area contributed by atoms with Gasteiger partial charge < -0.3 is 10.2 Å². The van der Waals surface area contributed by atoms with Gasteiger partial charge in [-0.25, -0.2) is 8.42 Å². The summed E-state index contributed by atoms with van der Waals surface area (Å²) in [4.78, 5) is 25.5. The minimum atomic E-state index is -3.74. The summed E-state index contributed by atoms with van der Waals surface area (Å²) in [5.41, 5.74) is 0. The Labute approximate surface area is 140 Å². The Balaban J connectivity index is 2.00. The number of nitrogens with zero attached hydrogens (tertiary/aromatic N) is 1. The minimum absolute atomic E-state index is 0.138. The Morgan fingerprint density at radius 3 is 2.57 bits per heavy atom. The molecule has 0 unspecified atom stereocenters. The second kappa shape index (κ2) is 7.41. The van der Waals surface area contributed by atoms with Gasteiger partial charge in [0.15, 0.2) is 0 Å². The number of sulfonamides is 1. The Morgan fingerprint density at radius 1 is 1.30 bits per heavy atom. The Morgan fingerprint density at radius 2 is 1.96 bits per heavy atom. The predicted molar refractivity (Wildman–Crippen MR) is 87.4 cm³/mol. The first-order valence-electron chi connectivity index (χ1n) is 7.44. The van der Waals surface area contributed by atoms with E-state index in [0.717, 1.165) is 29.1 Å². The third-order valence-electron chi connectivity index (χ3n) is 3.53. The summed E-state index contributed by atoms with van der Waals surface area (Å²) >= 11 is 1.08. The van der Waals surface area contributed by atoms with Crippen molar-refractivity contribution in [2.24, 2.45) is 0 Å². The van der Waals surface area contributed by atoms with Crippen molar-refractivity contribution in [1.82, 2.24) is 14.9 Å². The zero-order chi connectivity index (χ0) is 17.0. The standard InChI is InChI=1S/C14H21N3O4S2/c1-10(14(19)17-7-3-4-8-17)16-23(20,21)13-6-5-12(22-13)9-15-11(2)18/h5-6,10,16H,3-4,7-9H2,1-2H3,(H,15,18)/t10-/m1/s1. The van der Waals surface area contributed by atoms with E-state index in [2.05, 4.69) is 10.0 Å². The van der Waals surface area contributed by atoms with Gasteiger partial charge in [0.1, 0.15) is 4.21 Å². The largest absolute Gasteiger partial charge is 0.351 e. The van der Waals surface area contributed by atoms with E-state index in [1.54, 1.807) is 17.9 Å². The molecular formula is C14H21N3O4S2. The second-order valence-electron chi connectivity index (χ2n) is 5.51. The van der Waals surface area contributed by atoms with Crippen molar-refractivity contribution in [1.29, 1.82) is 0 Å². The van der Waals surface area contributed by atoms with E-state index in [1.165, 1.54) is 13.0 Å². The van der Waals surface area contributed by atoms with Gasteiger partial charge in [-0.3, -0.25) is 9.59 Å². The quantitative estimate of drug-likeness (QED) is 0.780. The molecule has 1 aromatic rings. The van der Waals surface area contributed by atoms with Gasteiger partial charge in [-0.2, -0.15) is 4.72 Å². The third kappa shape index (κ3) is 4.76. The highest BCUT2D eigenvalue weighted by atomic mass is 32.2. The van der Waals surface area contributed by atoms with E-state index >= 15 is 0 Å². The molecular weight excluding hydrogens is 338 g/mol. The van der Waals surface area contributed by atoms with Crippen LogP contribution in [0.25, 0.3) is 0 Å². The molecule has 0 aromatic carbocycles. The van der Waals surface area contributed by atoms with E-state index in [4.69, 9.17) is 0 Å². The van der Waals surface area contributed by atoms with Gasteiger partial charge in [0, 0.05) is 24.9 Å². The number of nitrogens with one attached hydrogen (secondary N) is 2. The molecule has 2 heterocycles. The van der Waals surface area contributed by atoms with Crippen LogP contribution in [0.3, 0.4) is 0 Å². The molecule has 2 rings (SSSR count). The molecule has 1 atom stereocenters. The molecule has 7 nitrogen and oxygen atoms in total. The maximum absolute atomic E-state index is 12.4. The summed E-state index contributed by atoms with van der Waals surface area (Å²) in [7, 11) is -3.74. The number of thiophene rings is 1. The fourth-order valence-electron chi connectivity index (χ4n) is 2.36. The first kappa shape index (κ1) is 17.9. The molecule has 128 valence electrons. The van der Waals surface area contributed by atoms with Crippen LogP contribution in [-0.4, -0.2) is 44.3 Å². The third-order valence-corrected chi connectivity index (χ3v) is 6.65. The number of carbonyl (C=O) groups is 2. The average Bonchev–Trinajstić information content (AvgIpc) is 3.15. The normalized spacial score (nSPS) is 16.3. The molecule has 2 amide bonds. The lowest BCUT2D eigenvalue weighted by molar-refractivity contribution is -0.131.